The van der Waals surface area contributed by atoms with Gasteiger partial charge in [-0.25, -0.2) is 0 Å². The average Bonchev–Trinajstić information content (AvgIpc) is 2.84. The van der Waals surface area contributed by atoms with E-state index in [0.717, 1.165) is 30.1 Å². The molecule has 3 rings (SSSR count). The Balaban J connectivity index is 1.78. The van der Waals surface area contributed by atoms with E-state index in [-0.39, 0.29) is 0 Å². The van der Waals surface area contributed by atoms with Crippen molar-refractivity contribution in [3.63, 3.8) is 0 Å². The maximum absolute atomic E-state index is 6.10. The molecule has 0 spiro atoms. The van der Waals surface area contributed by atoms with Crippen LogP contribution in [-0.2, 0) is 13.1 Å². The molecule has 0 radical (unpaired) electrons. The van der Waals surface area contributed by atoms with Gasteiger partial charge in [0.2, 0.25) is 0 Å². The molecule has 1 fully saturated rings. The van der Waals surface area contributed by atoms with Crippen molar-refractivity contribution < 1.29 is 0 Å². The maximum atomic E-state index is 6.10. The number of nitrogens with zero attached hydrogens (tertiary/aromatic N) is 1. The van der Waals surface area contributed by atoms with Gasteiger partial charge in [-0.2, -0.15) is 11.8 Å². The van der Waals surface area contributed by atoms with Crippen LogP contribution in [0.4, 0.5) is 5.69 Å². The first-order chi connectivity index (χ1) is 8.79. The highest BCUT2D eigenvalue weighted by molar-refractivity contribution is 7.99. The molecule has 2 N–H and O–H groups in total. The van der Waals surface area contributed by atoms with Crippen LogP contribution >= 0.6 is 11.8 Å². The summed E-state index contributed by atoms with van der Waals surface area (Å²) < 4.78 is 0. The fourth-order valence-electron chi connectivity index (χ4n) is 3.48. The van der Waals surface area contributed by atoms with Crippen molar-refractivity contribution in [1.82, 2.24) is 4.90 Å². The Morgan fingerprint density at radius 2 is 2.06 bits per heavy atom. The van der Waals surface area contributed by atoms with Crippen molar-refractivity contribution >= 4 is 17.4 Å². The molecule has 3 heteroatoms. The van der Waals surface area contributed by atoms with E-state index in [9.17, 15) is 0 Å². The van der Waals surface area contributed by atoms with Gasteiger partial charge in [0.25, 0.3) is 0 Å². The van der Waals surface area contributed by atoms with Crippen molar-refractivity contribution in [2.75, 3.05) is 12.0 Å². The highest BCUT2D eigenvalue weighted by atomic mass is 32.2. The zero-order valence-corrected chi connectivity index (χ0v) is 11.9. The Labute approximate surface area is 114 Å². The fraction of sp³-hybridized carbons (Fsp3) is 0.600. The molecule has 2 atom stereocenters. The molecule has 1 aliphatic heterocycles. The lowest BCUT2D eigenvalue weighted by atomic mass is 9.94. The van der Waals surface area contributed by atoms with E-state index in [2.05, 4.69) is 35.1 Å². The molecule has 1 aliphatic carbocycles. The number of nitrogen functional groups attached to an aromatic ring is 1. The van der Waals surface area contributed by atoms with E-state index in [1.54, 1.807) is 0 Å². The predicted octanol–water partition coefficient (Wildman–Crippen LogP) is 3.26. The number of rotatable bonds is 2. The zero-order valence-electron chi connectivity index (χ0n) is 11.1. The van der Waals surface area contributed by atoms with Gasteiger partial charge in [0.15, 0.2) is 0 Å². The van der Waals surface area contributed by atoms with Crippen molar-refractivity contribution in [3.05, 3.63) is 29.3 Å². The third-order valence-corrected chi connectivity index (χ3v) is 5.64. The minimum Gasteiger partial charge on any atom is -0.398 e. The quantitative estimate of drug-likeness (QED) is 0.830. The summed E-state index contributed by atoms with van der Waals surface area (Å²) in [5.41, 5.74) is 9.90. The van der Waals surface area contributed by atoms with Crippen molar-refractivity contribution in [3.8, 4) is 0 Å². The second-order valence-corrected chi connectivity index (χ2v) is 6.59. The predicted molar refractivity (Wildman–Crippen MR) is 79.7 cm³/mol. The first kappa shape index (κ1) is 12.4. The molecule has 1 aromatic rings. The summed E-state index contributed by atoms with van der Waals surface area (Å²) in [6.45, 7) is 2.16. The van der Waals surface area contributed by atoms with E-state index >= 15 is 0 Å². The monoisotopic (exact) mass is 262 g/mol. The molecular formula is C15H22N2S. The fourth-order valence-corrected chi connectivity index (χ4v) is 4.50. The van der Waals surface area contributed by atoms with Gasteiger partial charge >= 0.3 is 0 Å². The third-order valence-electron chi connectivity index (χ3n) is 4.48. The lowest BCUT2D eigenvalue weighted by molar-refractivity contribution is 0.162. The van der Waals surface area contributed by atoms with Crippen LogP contribution in [0.2, 0.25) is 0 Å². The number of hydrogen-bond acceptors (Lipinski definition) is 3. The van der Waals surface area contributed by atoms with Crippen LogP contribution in [0, 0.1) is 0 Å². The van der Waals surface area contributed by atoms with Crippen LogP contribution < -0.4 is 5.73 Å². The van der Waals surface area contributed by atoms with Crippen LogP contribution in [0.25, 0.3) is 0 Å². The smallest absolute Gasteiger partial charge is 0.0363 e. The molecule has 2 aliphatic rings. The largest absolute Gasteiger partial charge is 0.398 e. The second kappa shape index (κ2) is 5.14. The van der Waals surface area contributed by atoms with Crippen molar-refractivity contribution in [1.29, 1.82) is 0 Å². The highest BCUT2D eigenvalue weighted by Gasteiger charge is 2.33. The number of thioether (sulfide) groups is 1. The Bertz CT molecular complexity index is 433. The van der Waals surface area contributed by atoms with E-state index in [1.165, 1.54) is 36.8 Å². The van der Waals surface area contributed by atoms with E-state index in [0.29, 0.717) is 0 Å². The summed E-state index contributed by atoms with van der Waals surface area (Å²) in [7, 11) is 0. The van der Waals surface area contributed by atoms with Gasteiger partial charge < -0.3 is 5.73 Å². The summed E-state index contributed by atoms with van der Waals surface area (Å²) in [6.07, 6.45) is 7.81. The molecule has 1 aromatic carbocycles. The Kier molecular flexibility index (Phi) is 3.53. The SMILES string of the molecule is CSC1CCCCC1N1Cc2cccc(N)c2C1. The molecule has 1 saturated carbocycles. The number of fused-ring (bicyclic) bond motifs is 1. The van der Waals surface area contributed by atoms with Crippen LogP contribution in [0.3, 0.4) is 0 Å². The van der Waals surface area contributed by atoms with Gasteiger partial charge in [0.05, 0.1) is 0 Å². The summed E-state index contributed by atoms with van der Waals surface area (Å²) in [5.74, 6) is 0. The standard InChI is InChI=1S/C15H22N2S/c1-18-15-8-3-2-7-14(15)17-9-11-5-4-6-13(16)12(11)10-17/h4-6,14-15H,2-3,7-10,16H2,1H3. The van der Waals surface area contributed by atoms with Gasteiger partial charge in [-0.3, -0.25) is 4.90 Å². The second-order valence-electron chi connectivity index (χ2n) is 5.52. The van der Waals surface area contributed by atoms with E-state index in [1.807, 2.05) is 6.07 Å². The van der Waals surface area contributed by atoms with Crippen LogP contribution in [-0.4, -0.2) is 22.4 Å². The first-order valence-electron chi connectivity index (χ1n) is 6.92. The molecule has 0 amide bonds. The Morgan fingerprint density at radius 1 is 1.22 bits per heavy atom. The van der Waals surface area contributed by atoms with Gasteiger partial charge in [-0.05, 0) is 36.3 Å². The molecule has 2 nitrogen and oxygen atoms in total. The van der Waals surface area contributed by atoms with Gasteiger partial charge in [0.1, 0.15) is 0 Å². The van der Waals surface area contributed by atoms with Gasteiger partial charge in [-0.1, -0.05) is 25.0 Å². The summed E-state index contributed by atoms with van der Waals surface area (Å²) in [6, 6.07) is 7.11. The third kappa shape index (κ3) is 2.14. The van der Waals surface area contributed by atoms with Crippen molar-refractivity contribution in [2.45, 2.75) is 50.1 Å². The van der Waals surface area contributed by atoms with Crippen LogP contribution in [0.1, 0.15) is 36.8 Å². The lowest BCUT2D eigenvalue weighted by Crippen LogP contribution is -2.41. The molecule has 18 heavy (non-hydrogen) atoms. The molecule has 2 unspecified atom stereocenters. The number of benzene rings is 1. The molecule has 0 bridgehead atoms. The number of nitrogens with two attached hydrogens (primary N) is 1. The topological polar surface area (TPSA) is 29.3 Å². The normalized spacial score (nSPS) is 28.3. The average molecular weight is 262 g/mol. The van der Waals surface area contributed by atoms with E-state index in [4.69, 9.17) is 5.73 Å². The highest BCUT2D eigenvalue weighted by Crippen LogP contribution is 2.36. The van der Waals surface area contributed by atoms with Gasteiger partial charge in [0, 0.05) is 30.1 Å². The number of hydrogen-bond donors (Lipinski definition) is 1. The molecular weight excluding hydrogens is 240 g/mol. The Morgan fingerprint density at radius 3 is 2.83 bits per heavy atom. The van der Waals surface area contributed by atoms with Crippen molar-refractivity contribution in [2.24, 2.45) is 0 Å². The number of anilines is 1. The minimum atomic E-state index is 0.751. The maximum Gasteiger partial charge on any atom is 0.0363 e. The zero-order chi connectivity index (χ0) is 12.5. The molecule has 0 aromatic heterocycles. The summed E-state index contributed by atoms with van der Waals surface area (Å²) in [4.78, 5) is 2.65. The summed E-state index contributed by atoms with van der Waals surface area (Å²) >= 11 is 2.05. The molecule has 98 valence electrons. The van der Waals surface area contributed by atoms with Crippen LogP contribution in [0.15, 0.2) is 18.2 Å². The van der Waals surface area contributed by atoms with Gasteiger partial charge in [-0.15, -0.1) is 0 Å². The summed E-state index contributed by atoms with van der Waals surface area (Å²) in [5, 5.41) is 0.814. The molecule has 0 saturated heterocycles. The first-order valence-corrected chi connectivity index (χ1v) is 8.21. The molecule has 1 heterocycles. The van der Waals surface area contributed by atoms with E-state index < -0.39 is 0 Å². The lowest BCUT2D eigenvalue weighted by Gasteiger charge is -2.37. The Hall–Kier alpha value is -0.670. The minimum absolute atomic E-state index is 0.751. The van der Waals surface area contributed by atoms with Crippen LogP contribution in [0.5, 0.6) is 0 Å².